The molecule has 0 aromatic carbocycles. The SMILES string of the molecule is C=C[CH2][AlH2].[Cl][Ti]. The van der Waals surface area contributed by atoms with E-state index in [9.17, 15) is 0 Å². The molecule has 0 bridgehead atoms. The third-order valence-corrected chi connectivity index (χ3v) is 0.866. The van der Waals surface area contributed by atoms with Crippen molar-refractivity contribution in [3.63, 3.8) is 0 Å². The maximum absolute atomic E-state index is 4.64. The van der Waals surface area contributed by atoms with Crippen LogP contribution in [0, 0.1) is 0 Å². The van der Waals surface area contributed by atoms with Crippen molar-refractivity contribution in [1.29, 1.82) is 0 Å². The predicted octanol–water partition coefficient (Wildman–Crippen LogP) is 0.911. The van der Waals surface area contributed by atoms with Crippen LogP contribution in [-0.2, 0) is 19.4 Å². The van der Waals surface area contributed by atoms with Crippen LogP contribution in [-0.4, -0.2) is 16.3 Å². The Hall–Kier alpha value is 1.28. The first-order valence-electron chi connectivity index (χ1n) is 1.71. The molecule has 0 atom stereocenters. The van der Waals surface area contributed by atoms with E-state index >= 15 is 0 Å². The Morgan fingerprint density at radius 2 is 2.00 bits per heavy atom. The molecule has 0 fully saturated rings. The van der Waals surface area contributed by atoms with Gasteiger partial charge in [0.25, 0.3) is 0 Å². The van der Waals surface area contributed by atoms with E-state index in [1.54, 1.807) is 0 Å². The first-order valence-corrected chi connectivity index (χ1v) is 5.28. The molecular weight excluding hydrogens is 146 g/mol. The van der Waals surface area contributed by atoms with Crippen molar-refractivity contribution in [3.05, 3.63) is 12.7 Å². The van der Waals surface area contributed by atoms with Crippen LogP contribution >= 0.6 is 9.30 Å². The van der Waals surface area contributed by atoms with Crippen LogP contribution in [0.1, 0.15) is 0 Å². The van der Waals surface area contributed by atoms with E-state index in [0.29, 0.717) is 0 Å². The molecule has 0 nitrogen and oxygen atoms in total. The van der Waals surface area contributed by atoms with Gasteiger partial charge in [0.2, 0.25) is 16.3 Å². The third kappa shape index (κ3) is 18.6. The first-order chi connectivity index (χ1) is 2.91. The van der Waals surface area contributed by atoms with Gasteiger partial charge < -0.3 is 0 Å². The quantitative estimate of drug-likeness (QED) is 0.388. The normalized spacial score (nSPS) is 4.67. The summed E-state index contributed by atoms with van der Waals surface area (Å²) in [4.78, 5) is 0. The van der Waals surface area contributed by atoms with Crippen LogP contribution in [0.2, 0.25) is 5.28 Å². The molecular formula is C3H7AlClTi. The molecule has 0 rings (SSSR count). The van der Waals surface area contributed by atoms with E-state index < -0.39 is 0 Å². The van der Waals surface area contributed by atoms with Gasteiger partial charge in [0.1, 0.15) is 0 Å². The Labute approximate surface area is 62.7 Å². The van der Waals surface area contributed by atoms with Gasteiger partial charge in [-0.25, -0.2) is 0 Å². The Balaban J connectivity index is 0. The Kier molecular flexibility index (Phi) is 27.9. The van der Waals surface area contributed by atoms with Crippen molar-refractivity contribution in [2.24, 2.45) is 0 Å². The van der Waals surface area contributed by atoms with Crippen LogP contribution in [0.4, 0.5) is 0 Å². The topological polar surface area (TPSA) is 0 Å². The molecule has 0 saturated heterocycles. The van der Waals surface area contributed by atoms with Gasteiger partial charge in [0.15, 0.2) is 0 Å². The summed E-state index contributed by atoms with van der Waals surface area (Å²) in [7, 11) is 4.64. The summed E-state index contributed by atoms with van der Waals surface area (Å²) in [6, 6.07) is 0. The standard InChI is InChI=1S/C3H5.Al.ClH.Ti.2H/c1-3-2;;;;;/h3H,1-2H2;;1H;;;/q;;;+1;;/p-1. The van der Waals surface area contributed by atoms with E-state index in [1.165, 1.54) is 40.9 Å². The van der Waals surface area contributed by atoms with Crippen molar-refractivity contribution >= 4 is 25.6 Å². The average Bonchev–Trinajstić information content (AvgIpc) is 1.72. The fraction of sp³-hybridized carbons (Fsp3) is 0.333. The minimum atomic E-state index is 1.22. The molecule has 33 valence electrons. The second-order valence-corrected chi connectivity index (χ2v) is 1.51. The second kappa shape index (κ2) is 16.3. The van der Waals surface area contributed by atoms with E-state index in [1.807, 2.05) is 6.08 Å². The molecule has 3 heteroatoms. The van der Waals surface area contributed by atoms with E-state index in [0.717, 1.165) is 0 Å². The van der Waals surface area contributed by atoms with Crippen LogP contribution in [0.15, 0.2) is 12.7 Å². The number of hydrogen-bond donors (Lipinski definition) is 0. The predicted molar refractivity (Wildman–Crippen MR) is 29.4 cm³/mol. The molecule has 0 heterocycles. The fourth-order valence-corrected chi connectivity index (χ4v) is 0. The number of rotatable bonds is 1. The third-order valence-electron chi connectivity index (χ3n) is 0.289. The molecule has 0 aliphatic heterocycles. The molecule has 0 aromatic rings. The molecule has 0 saturated carbocycles. The summed E-state index contributed by atoms with van der Waals surface area (Å²) in [6.45, 7) is 3.51. The van der Waals surface area contributed by atoms with Crippen LogP contribution in [0.3, 0.4) is 0 Å². The zero-order chi connectivity index (χ0) is 5.41. The molecule has 0 amide bonds. The van der Waals surface area contributed by atoms with Crippen LogP contribution in [0.25, 0.3) is 0 Å². The monoisotopic (exact) mass is 153 g/mol. The zero-order valence-corrected chi connectivity index (χ0v) is 8.19. The van der Waals surface area contributed by atoms with Crippen molar-refractivity contribution in [1.82, 2.24) is 0 Å². The first kappa shape index (κ1) is 10.3. The summed E-state index contributed by atoms with van der Waals surface area (Å²) < 4.78 is 0. The Morgan fingerprint density at radius 1 is 1.83 bits per heavy atom. The molecule has 0 N–H and O–H groups in total. The van der Waals surface area contributed by atoms with Gasteiger partial charge >= 0.3 is 28.7 Å². The van der Waals surface area contributed by atoms with Gasteiger partial charge in [-0.2, -0.15) is 0 Å². The van der Waals surface area contributed by atoms with E-state index in [4.69, 9.17) is 0 Å². The van der Waals surface area contributed by atoms with Gasteiger partial charge in [0.05, 0.1) is 0 Å². The molecule has 0 unspecified atom stereocenters. The molecule has 0 aliphatic carbocycles. The zero-order valence-electron chi connectivity index (χ0n) is 3.87. The van der Waals surface area contributed by atoms with Crippen molar-refractivity contribution in [2.45, 2.75) is 5.28 Å². The van der Waals surface area contributed by atoms with Gasteiger partial charge in [-0.15, -0.1) is 12.7 Å². The summed E-state index contributed by atoms with van der Waals surface area (Å²) in [5.41, 5.74) is 0. The Bertz CT molecular complexity index is 24.8. The fourth-order valence-electron chi connectivity index (χ4n) is 0. The summed E-state index contributed by atoms with van der Waals surface area (Å²) >= 11 is 2.74. The molecule has 0 radical (unpaired) electrons. The van der Waals surface area contributed by atoms with Crippen molar-refractivity contribution in [2.75, 3.05) is 0 Å². The number of hydrogen-bond acceptors (Lipinski definition) is 0. The molecule has 0 spiro atoms. The van der Waals surface area contributed by atoms with Crippen LogP contribution in [0.5, 0.6) is 0 Å². The van der Waals surface area contributed by atoms with Crippen molar-refractivity contribution < 1.29 is 19.4 Å². The van der Waals surface area contributed by atoms with Gasteiger partial charge in [-0.3, -0.25) is 0 Å². The van der Waals surface area contributed by atoms with Gasteiger partial charge in [-0.1, -0.05) is 5.28 Å². The second-order valence-electron chi connectivity index (χ2n) is 0.697. The van der Waals surface area contributed by atoms with Crippen molar-refractivity contribution in [3.8, 4) is 0 Å². The number of halogens is 1. The molecule has 0 aromatic heterocycles. The van der Waals surface area contributed by atoms with E-state index in [2.05, 4.69) is 15.9 Å². The maximum atomic E-state index is 4.64. The summed E-state index contributed by atoms with van der Waals surface area (Å²) in [6.07, 6.45) is 1.94. The minimum absolute atomic E-state index is 1.22. The van der Waals surface area contributed by atoms with Gasteiger partial charge in [-0.05, 0) is 0 Å². The summed E-state index contributed by atoms with van der Waals surface area (Å²) in [5.74, 6) is 0. The summed E-state index contributed by atoms with van der Waals surface area (Å²) in [5, 5.41) is 1.22. The number of allylic oxidation sites excluding steroid dienone is 1. The van der Waals surface area contributed by atoms with Crippen LogP contribution < -0.4 is 0 Å². The molecule has 0 aliphatic rings. The Morgan fingerprint density at radius 3 is 2.00 bits per heavy atom. The average molecular weight is 153 g/mol. The van der Waals surface area contributed by atoms with E-state index in [-0.39, 0.29) is 0 Å². The van der Waals surface area contributed by atoms with Gasteiger partial charge in [0, 0.05) is 0 Å². The molecule has 6 heavy (non-hydrogen) atoms.